The molecule has 0 spiro atoms. The molecule has 0 saturated heterocycles. The Morgan fingerprint density at radius 2 is 1.97 bits per heavy atom. The summed E-state index contributed by atoms with van der Waals surface area (Å²) in [4.78, 5) is 27.8. The van der Waals surface area contributed by atoms with Crippen LogP contribution in [0.4, 0.5) is 11.4 Å². The van der Waals surface area contributed by atoms with Crippen LogP contribution in [0.1, 0.15) is 29.8 Å². The number of para-hydroxylation sites is 1. The number of hydrogen-bond acceptors (Lipinski definition) is 5. The first-order chi connectivity index (χ1) is 14.5. The summed E-state index contributed by atoms with van der Waals surface area (Å²) in [7, 11) is 0. The SMILES string of the molecule is Cc1cc([N+](=O)[O-])ccc1NC(=O)CSc1nc2c(n1-c1ccccc1)CCCC2. The number of rotatable bonds is 6. The van der Waals surface area contributed by atoms with Crippen molar-refractivity contribution >= 4 is 29.0 Å². The van der Waals surface area contributed by atoms with Gasteiger partial charge in [0.15, 0.2) is 5.16 Å². The van der Waals surface area contributed by atoms with Crippen LogP contribution in [0.5, 0.6) is 0 Å². The smallest absolute Gasteiger partial charge is 0.269 e. The van der Waals surface area contributed by atoms with Gasteiger partial charge in [0.2, 0.25) is 5.91 Å². The van der Waals surface area contributed by atoms with Crippen molar-refractivity contribution < 1.29 is 9.72 Å². The molecule has 0 aliphatic heterocycles. The minimum absolute atomic E-state index is 0.00958. The van der Waals surface area contributed by atoms with E-state index in [9.17, 15) is 14.9 Å². The minimum Gasteiger partial charge on any atom is -0.325 e. The van der Waals surface area contributed by atoms with E-state index in [0.717, 1.165) is 42.2 Å². The van der Waals surface area contributed by atoms with Crippen LogP contribution in [0, 0.1) is 17.0 Å². The third-order valence-corrected chi connectivity index (χ3v) is 6.08. The summed E-state index contributed by atoms with van der Waals surface area (Å²) < 4.78 is 2.17. The number of nitrogens with one attached hydrogen (secondary N) is 1. The fraction of sp³-hybridized carbons (Fsp3) is 0.273. The summed E-state index contributed by atoms with van der Waals surface area (Å²) in [5, 5.41) is 14.6. The van der Waals surface area contributed by atoms with Crippen molar-refractivity contribution in [1.29, 1.82) is 0 Å². The van der Waals surface area contributed by atoms with Gasteiger partial charge in [0.25, 0.3) is 5.69 Å². The quantitative estimate of drug-likeness (QED) is 0.353. The van der Waals surface area contributed by atoms with E-state index >= 15 is 0 Å². The Morgan fingerprint density at radius 1 is 1.20 bits per heavy atom. The van der Waals surface area contributed by atoms with Crippen molar-refractivity contribution in [3.05, 3.63) is 75.6 Å². The number of benzene rings is 2. The van der Waals surface area contributed by atoms with Crippen molar-refractivity contribution in [2.24, 2.45) is 0 Å². The number of anilines is 1. The van der Waals surface area contributed by atoms with Gasteiger partial charge in [-0.05, 0) is 56.4 Å². The molecule has 4 rings (SSSR count). The Balaban J connectivity index is 1.51. The summed E-state index contributed by atoms with van der Waals surface area (Å²) in [6.07, 6.45) is 4.25. The van der Waals surface area contributed by atoms with E-state index in [1.165, 1.54) is 29.6 Å². The maximum atomic E-state index is 12.5. The zero-order valence-corrected chi connectivity index (χ0v) is 17.4. The van der Waals surface area contributed by atoms with Crippen molar-refractivity contribution in [2.45, 2.75) is 37.8 Å². The third kappa shape index (κ3) is 4.23. The van der Waals surface area contributed by atoms with E-state index in [-0.39, 0.29) is 17.3 Å². The lowest BCUT2D eigenvalue weighted by Crippen LogP contribution is -2.15. The fourth-order valence-corrected chi connectivity index (χ4v) is 4.53. The summed E-state index contributed by atoms with van der Waals surface area (Å²) in [6.45, 7) is 1.74. The highest BCUT2D eigenvalue weighted by atomic mass is 32.2. The molecule has 154 valence electrons. The van der Waals surface area contributed by atoms with Gasteiger partial charge in [0.1, 0.15) is 0 Å². The number of nitrogens with zero attached hydrogens (tertiary/aromatic N) is 3. The van der Waals surface area contributed by atoms with Gasteiger partial charge in [-0.25, -0.2) is 4.98 Å². The molecule has 1 aliphatic carbocycles. The first-order valence-corrected chi connectivity index (χ1v) is 10.8. The lowest BCUT2D eigenvalue weighted by atomic mass is 10.0. The molecule has 0 fully saturated rings. The highest BCUT2D eigenvalue weighted by molar-refractivity contribution is 7.99. The molecule has 8 heteroatoms. The number of non-ortho nitro benzene ring substituents is 1. The highest BCUT2D eigenvalue weighted by Crippen LogP contribution is 2.31. The van der Waals surface area contributed by atoms with E-state index in [0.29, 0.717) is 11.3 Å². The average Bonchev–Trinajstić information content (AvgIpc) is 3.12. The summed E-state index contributed by atoms with van der Waals surface area (Å²) >= 11 is 1.41. The van der Waals surface area contributed by atoms with Gasteiger partial charge >= 0.3 is 0 Å². The molecule has 0 unspecified atom stereocenters. The molecular formula is C22H22N4O3S. The molecule has 7 nitrogen and oxygen atoms in total. The van der Waals surface area contributed by atoms with E-state index < -0.39 is 4.92 Å². The molecule has 30 heavy (non-hydrogen) atoms. The molecule has 1 amide bonds. The first-order valence-electron chi connectivity index (χ1n) is 9.86. The second-order valence-corrected chi connectivity index (χ2v) is 8.20. The molecule has 1 aliphatic rings. The monoisotopic (exact) mass is 422 g/mol. The second kappa shape index (κ2) is 8.71. The zero-order chi connectivity index (χ0) is 21.1. The lowest BCUT2D eigenvalue weighted by molar-refractivity contribution is -0.384. The van der Waals surface area contributed by atoms with Crippen LogP contribution in [-0.4, -0.2) is 26.1 Å². The van der Waals surface area contributed by atoms with Crippen molar-refractivity contribution in [1.82, 2.24) is 9.55 Å². The number of imidazole rings is 1. The predicted octanol–water partition coefficient (Wildman–Crippen LogP) is 4.70. The van der Waals surface area contributed by atoms with Gasteiger partial charge in [-0.2, -0.15) is 0 Å². The molecule has 1 N–H and O–H groups in total. The third-order valence-electron chi connectivity index (χ3n) is 5.14. The van der Waals surface area contributed by atoms with Crippen LogP contribution >= 0.6 is 11.8 Å². The molecule has 1 heterocycles. The zero-order valence-electron chi connectivity index (χ0n) is 16.6. The first kappa shape index (κ1) is 20.2. The number of carbonyl (C=O) groups is 1. The van der Waals surface area contributed by atoms with Gasteiger partial charge in [0, 0.05) is 29.2 Å². The van der Waals surface area contributed by atoms with Gasteiger partial charge in [0.05, 0.1) is 16.4 Å². The van der Waals surface area contributed by atoms with Crippen LogP contribution in [0.3, 0.4) is 0 Å². The normalized spacial score (nSPS) is 13.0. The Morgan fingerprint density at radius 3 is 2.70 bits per heavy atom. The largest absolute Gasteiger partial charge is 0.325 e. The summed E-state index contributed by atoms with van der Waals surface area (Å²) in [5.41, 5.74) is 4.67. The van der Waals surface area contributed by atoms with Crippen molar-refractivity contribution in [3.8, 4) is 5.69 Å². The Kier molecular flexibility index (Phi) is 5.85. The topological polar surface area (TPSA) is 90.1 Å². The van der Waals surface area contributed by atoms with E-state index in [1.807, 2.05) is 18.2 Å². The number of nitro benzene ring substituents is 1. The van der Waals surface area contributed by atoms with Crippen molar-refractivity contribution in [3.63, 3.8) is 0 Å². The molecule has 0 radical (unpaired) electrons. The average molecular weight is 423 g/mol. The number of aromatic nitrogens is 2. The summed E-state index contributed by atoms with van der Waals surface area (Å²) in [5.74, 6) is 0.0385. The van der Waals surface area contributed by atoms with E-state index in [2.05, 4.69) is 22.0 Å². The Labute approximate surface area is 178 Å². The van der Waals surface area contributed by atoms with Crippen LogP contribution in [0.25, 0.3) is 5.69 Å². The van der Waals surface area contributed by atoms with Gasteiger partial charge in [-0.15, -0.1) is 0 Å². The summed E-state index contributed by atoms with van der Waals surface area (Å²) in [6, 6.07) is 14.5. The predicted molar refractivity (Wildman–Crippen MR) is 117 cm³/mol. The molecule has 3 aromatic rings. The maximum absolute atomic E-state index is 12.5. The van der Waals surface area contributed by atoms with E-state index in [1.54, 1.807) is 13.0 Å². The van der Waals surface area contributed by atoms with Crippen LogP contribution in [0.2, 0.25) is 0 Å². The number of amides is 1. The number of nitro groups is 1. The Bertz CT molecular complexity index is 1100. The maximum Gasteiger partial charge on any atom is 0.269 e. The molecule has 1 aromatic heterocycles. The fourth-order valence-electron chi connectivity index (χ4n) is 3.67. The highest BCUT2D eigenvalue weighted by Gasteiger charge is 2.22. The minimum atomic E-state index is -0.445. The lowest BCUT2D eigenvalue weighted by Gasteiger charge is -2.15. The van der Waals surface area contributed by atoms with Crippen LogP contribution in [-0.2, 0) is 17.6 Å². The van der Waals surface area contributed by atoms with E-state index in [4.69, 9.17) is 4.98 Å². The van der Waals surface area contributed by atoms with Crippen LogP contribution in [0.15, 0.2) is 53.7 Å². The van der Waals surface area contributed by atoms with Crippen molar-refractivity contribution in [2.75, 3.05) is 11.1 Å². The molecule has 0 bridgehead atoms. The number of thioether (sulfide) groups is 1. The second-order valence-electron chi connectivity index (χ2n) is 7.26. The van der Waals surface area contributed by atoms with Gasteiger partial charge < -0.3 is 5.32 Å². The number of carbonyl (C=O) groups excluding carboxylic acids is 1. The number of fused-ring (bicyclic) bond motifs is 1. The molecular weight excluding hydrogens is 400 g/mol. The number of aryl methyl sites for hydroxylation is 2. The molecule has 0 saturated carbocycles. The molecule has 2 aromatic carbocycles. The van der Waals surface area contributed by atoms with Crippen LogP contribution < -0.4 is 5.32 Å². The van der Waals surface area contributed by atoms with Gasteiger partial charge in [-0.1, -0.05) is 30.0 Å². The number of hydrogen-bond donors (Lipinski definition) is 1. The molecule has 0 atom stereocenters. The van der Waals surface area contributed by atoms with Gasteiger partial charge in [-0.3, -0.25) is 19.5 Å². The standard InChI is InChI=1S/C22H22N4O3S/c1-15-13-17(26(28)29)11-12-18(15)23-21(27)14-30-22-24-19-9-5-6-10-20(19)25(22)16-7-3-2-4-8-16/h2-4,7-8,11-13H,5-6,9-10,14H2,1H3,(H,23,27). The Hall–Kier alpha value is -3.13.